The number of hydrogen-bond acceptors (Lipinski definition) is 3. The average molecular weight is 213 g/mol. The topological polar surface area (TPSA) is 42.4 Å². The zero-order valence-electron chi connectivity index (χ0n) is 9.03. The highest BCUT2D eigenvalue weighted by Crippen LogP contribution is 2.20. The number of rotatable bonds is 5. The van der Waals surface area contributed by atoms with Crippen LogP contribution in [0.1, 0.15) is 30.7 Å². The van der Waals surface area contributed by atoms with Gasteiger partial charge in [0.2, 0.25) is 0 Å². The molecule has 0 bridgehead atoms. The van der Waals surface area contributed by atoms with Crippen molar-refractivity contribution in [2.24, 2.45) is 0 Å². The summed E-state index contributed by atoms with van der Waals surface area (Å²) in [6.07, 6.45) is 1.58. The number of pyridine rings is 1. The first kappa shape index (κ1) is 12.1. The number of aromatic nitrogens is 1. The lowest BCUT2D eigenvalue weighted by molar-refractivity contribution is 0.105. The van der Waals surface area contributed by atoms with Crippen molar-refractivity contribution >= 4 is 0 Å². The lowest BCUT2D eigenvalue weighted by Gasteiger charge is -2.11. The maximum absolute atomic E-state index is 13.7. The molecule has 0 aromatic carbocycles. The third-order valence-corrected chi connectivity index (χ3v) is 2.29. The molecule has 4 heteroatoms. The molecular weight excluding hydrogens is 197 g/mol. The number of nitrogens with zero attached hydrogens (tertiary/aromatic N) is 1. The predicted octanol–water partition coefficient (Wildman–Crippen LogP) is 1.85. The molecule has 84 valence electrons. The molecule has 1 aromatic heterocycles. The minimum atomic E-state index is -0.892. The van der Waals surface area contributed by atoms with Crippen LogP contribution >= 0.6 is 0 Å². The van der Waals surface area contributed by atoms with Gasteiger partial charge in [0.25, 0.3) is 0 Å². The van der Waals surface area contributed by atoms with Crippen LogP contribution in [0.25, 0.3) is 0 Å². The summed E-state index contributed by atoms with van der Waals surface area (Å²) in [5, 5.41) is 9.67. The molecule has 1 aromatic rings. The number of ether oxygens (including phenoxy) is 1. The maximum atomic E-state index is 13.7. The van der Waals surface area contributed by atoms with Crippen molar-refractivity contribution in [1.29, 1.82) is 0 Å². The highest BCUT2D eigenvalue weighted by atomic mass is 19.1. The summed E-state index contributed by atoms with van der Waals surface area (Å²) in [5.41, 5.74) is 0.697. The number of aliphatic hydroxyl groups is 1. The van der Waals surface area contributed by atoms with E-state index < -0.39 is 11.9 Å². The van der Waals surface area contributed by atoms with Crippen LogP contribution in [0.5, 0.6) is 0 Å². The van der Waals surface area contributed by atoms with Gasteiger partial charge in [-0.3, -0.25) is 4.98 Å². The van der Waals surface area contributed by atoms with Crippen molar-refractivity contribution in [1.82, 2.24) is 4.98 Å². The summed E-state index contributed by atoms with van der Waals surface area (Å²) in [4.78, 5) is 3.86. The molecule has 1 rings (SSSR count). The van der Waals surface area contributed by atoms with E-state index in [9.17, 15) is 9.50 Å². The first-order valence-electron chi connectivity index (χ1n) is 5.01. The summed E-state index contributed by atoms with van der Waals surface area (Å²) in [5.74, 6) is -0.399. The molecular formula is C11H16FNO2. The number of methoxy groups -OCH3 is 1. The number of hydrogen-bond donors (Lipinski definition) is 1. The van der Waals surface area contributed by atoms with E-state index in [2.05, 4.69) is 4.98 Å². The van der Waals surface area contributed by atoms with Gasteiger partial charge in [-0.05, 0) is 18.1 Å². The van der Waals surface area contributed by atoms with Gasteiger partial charge in [0.05, 0.1) is 0 Å². The van der Waals surface area contributed by atoms with Crippen molar-refractivity contribution in [3.8, 4) is 0 Å². The number of aliphatic hydroxyl groups excluding tert-OH is 1. The van der Waals surface area contributed by atoms with Gasteiger partial charge in [0.15, 0.2) is 5.82 Å². The third-order valence-electron chi connectivity index (χ3n) is 2.29. The first-order chi connectivity index (χ1) is 7.20. The van der Waals surface area contributed by atoms with Gasteiger partial charge < -0.3 is 9.84 Å². The molecule has 1 atom stereocenters. The molecule has 1 unspecified atom stereocenters. The van der Waals surface area contributed by atoms with E-state index in [0.29, 0.717) is 25.0 Å². The molecule has 0 saturated carbocycles. The van der Waals surface area contributed by atoms with E-state index in [1.165, 1.54) is 6.20 Å². The smallest absolute Gasteiger partial charge is 0.150 e. The number of aryl methyl sites for hydroxylation is 1. The van der Waals surface area contributed by atoms with Crippen LogP contribution < -0.4 is 0 Å². The number of halogens is 1. The molecule has 0 radical (unpaired) electrons. The lowest BCUT2D eigenvalue weighted by atomic mass is 10.1. The second-order valence-corrected chi connectivity index (χ2v) is 3.32. The van der Waals surface area contributed by atoms with Gasteiger partial charge in [-0.15, -0.1) is 0 Å². The lowest BCUT2D eigenvalue weighted by Crippen LogP contribution is -2.08. The second-order valence-electron chi connectivity index (χ2n) is 3.32. The Labute approximate surface area is 88.9 Å². The van der Waals surface area contributed by atoms with Gasteiger partial charge in [-0.25, -0.2) is 4.39 Å². The monoisotopic (exact) mass is 213 g/mol. The van der Waals surface area contributed by atoms with Gasteiger partial charge in [0, 0.05) is 26.3 Å². The molecule has 0 fully saturated rings. The Kier molecular flexibility index (Phi) is 4.65. The molecule has 3 nitrogen and oxygen atoms in total. The van der Waals surface area contributed by atoms with E-state index in [1.54, 1.807) is 13.2 Å². The molecule has 0 aliphatic carbocycles. The Hall–Kier alpha value is -1.00. The van der Waals surface area contributed by atoms with E-state index in [4.69, 9.17) is 4.74 Å². The Bertz CT molecular complexity index is 317. The molecule has 0 aliphatic heterocycles. The molecule has 0 spiro atoms. The third kappa shape index (κ3) is 2.97. The molecule has 15 heavy (non-hydrogen) atoms. The fourth-order valence-corrected chi connectivity index (χ4v) is 1.37. The Morgan fingerprint density at radius 2 is 2.33 bits per heavy atom. The van der Waals surface area contributed by atoms with Crippen molar-refractivity contribution in [2.45, 2.75) is 25.9 Å². The minimum absolute atomic E-state index is 0.117. The molecule has 0 saturated heterocycles. The Morgan fingerprint density at radius 3 is 2.93 bits per heavy atom. The molecule has 1 heterocycles. The molecule has 0 aliphatic rings. The van der Waals surface area contributed by atoms with E-state index in [-0.39, 0.29) is 5.69 Å². The van der Waals surface area contributed by atoms with Gasteiger partial charge in [-0.2, -0.15) is 0 Å². The van der Waals surface area contributed by atoms with Crippen LogP contribution in [0.3, 0.4) is 0 Å². The van der Waals surface area contributed by atoms with Crippen LogP contribution in [0.2, 0.25) is 0 Å². The van der Waals surface area contributed by atoms with Crippen LogP contribution in [-0.2, 0) is 11.2 Å². The van der Waals surface area contributed by atoms with Crippen LogP contribution in [0, 0.1) is 5.82 Å². The van der Waals surface area contributed by atoms with Crippen molar-refractivity contribution in [2.75, 3.05) is 13.7 Å². The van der Waals surface area contributed by atoms with Crippen molar-refractivity contribution < 1.29 is 14.2 Å². The maximum Gasteiger partial charge on any atom is 0.150 e. The van der Waals surface area contributed by atoms with Gasteiger partial charge >= 0.3 is 0 Å². The summed E-state index contributed by atoms with van der Waals surface area (Å²) in [7, 11) is 1.54. The fourth-order valence-electron chi connectivity index (χ4n) is 1.37. The highest BCUT2D eigenvalue weighted by molar-refractivity contribution is 5.20. The van der Waals surface area contributed by atoms with Gasteiger partial charge in [0.1, 0.15) is 11.8 Å². The van der Waals surface area contributed by atoms with E-state index >= 15 is 0 Å². The largest absolute Gasteiger partial charge is 0.387 e. The summed E-state index contributed by atoms with van der Waals surface area (Å²) >= 11 is 0. The second kappa shape index (κ2) is 5.78. The minimum Gasteiger partial charge on any atom is -0.387 e. The zero-order valence-corrected chi connectivity index (χ0v) is 9.03. The van der Waals surface area contributed by atoms with E-state index in [1.807, 2.05) is 6.92 Å². The Balaban J connectivity index is 2.83. The SMILES string of the molecule is CCc1ccnc(C(O)CCOC)c1F. The highest BCUT2D eigenvalue weighted by Gasteiger charge is 2.16. The van der Waals surface area contributed by atoms with Crippen LogP contribution in [0.4, 0.5) is 4.39 Å². The normalized spacial score (nSPS) is 12.8. The zero-order chi connectivity index (χ0) is 11.3. The fraction of sp³-hybridized carbons (Fsp3) is 0.545. The summed E-state index contributed by atoms with van der Waals surface area (Å²) in [6.45, 7) is 2.25. The summed E-state index contributed by atoms with van der Waals surface area (Å²) in [6, 6.07) is 1.63. The molecule has 1 N–H and O–H groups in total. The summed E-state index contributed by atoms with van der Waals surface area (Å²) < 4.78 is 18.5. The standard InChI is InChI=1S/C11H16FNO2/c1-3-8-4-6-13-11(10(8)12)9(14)5-7-15-2/h4,6,9,14H,3,5,7H2,1-2H3. The van der Waals surface area contributed by atoms with Crippen molar-refractivity contribution in [3.05, 3.63) is 29.3 Å². The van der Waals surface area contributed by atoms with Crippen LogP contribution in [-0.4, -0.2) is 23.8 Å². The van der Waals surface area contributed by atoms with Crippen LogP contribution in [0.15, 0.2) is 12.3 Å². The van der Waals surface area contributed by atoms with Crippen molar-refractivity contribution in [3.63, 3.8) is 0 Å². The predicted molar refractivity (Wildman–Crippen MR) is 55.0 cm³/mol. The van der Waals surface area contributed by atoms with Gasteiger partial charge in [-0.1, -0.05) is 6.92 Å². The first-order valence-corrected chi connectivity index (χ1v) is 5.01. The quantitative estimate of drug-likeness (QED) is 0.811. The molecule has 0 amide bonds. The average Bonchev–Trinajstić information content (AvgIpc) is 2.26. The Morgan fingerprint density at radius 1 is 1.60 bits per heavy atom. The van der Waals surface area contributed by atoms with E-state index in [0.717, 1.165) is 0 Å².